The molecule has 0 radical (unpaired) electrons. The molecule has 5 heteroatoms. The summed E-state index contributed by atoms with van der Waals surface area (Å²) < 4.78 is 0. The highest BCUT2D eigenvalue weighted by Gasteiger charge is 2.39. The number of nitrogens with one attached hydrogen (secondary N) is 2. The Morgan fingerprint density at radius 2 is 2.32 bits per heavy atom. The van der Waals surface area contributed by atoms with Gasteiger partial charge in [0.05, 0.1) is 17.4 Å². The molecule has 2 heterocycles. The van der Waals surface area contributed by atoms with E-state index in [0.717, 1.165) is 37.3 Å². The lowest BCUT2D eigenvalue weighted by atomic mass is 9.93. The van der Waals surface area contributed by atoms with Crippen LogP contribution in [-0.2, 0) is 4.79 Å². The van der Waals surface area contributed by atoms with E-state index in [4.69, 9.17) is 0 Å². The van der Waals surface area contributed by atoms with Crippen molar-refractivity contribution in [1.82, 2.24) is 10.3 Å². The molecule has 1 unspecified atom stereocenters. The van der Waals surface area contributed by atoms with Crippen molar-refractivity contribution < 1.29 is 4.79 Å². The highest BCUT2D eigenvalue weighted by Crippen LogP contribution is 2.25. The van der Waals surface area contributed by atoms with Crippen LogP contribution < -0.4 is 15.5 Å². The number of carbonyl (C=O) groups is 1. The number of hydrogen-bond acceptors (Lipinski definition) is 4. The molecule has 0 saturated carbocycles. The first-order valence-electron chi connectivity index (χ1n) is 6.77. The Balaban J connectivity index is 2.06. The number of carbonyl (C=O) groups excluding carboxylic acids is 1. The van der Waals surface area contributed by atoms with Crippen molar-refractivity contribution >= 4 is 17.4 Å². The molecule has 0 bridgehead atoms. The summed E-state index contributed by atoms with van der Waals surface area (Å²) in [6.45, 7) is 2.96. The average Bonchev–Trinajstić information content (AvgIpc) is 2.89. The van der Waals surface area contributed by atoms with E-state index in [0.29, 0.717) is 0 Å². The first-order chi connectivity index (χ1) is 9.07. The van der Waals surface area contributed by atoms with Gasteiger partial charge in [0.15, 0.2) is 0 Å². The predicted molar refractivity (Wildman–Crippen MR) is 77.5 cm³/mol. The van der Waals surface area contributed by atoms with Gasteiger partial charge in [0.25, 0.3) is 0 Å². The fourth-order valence-corrected chi connectivity index (χ4v) is 2.44. The topological polar surface area (TPSA) is 57.3 Å². The van der Waals surface area contributed by atoms with Gasteiger partial charge >= 0.3 is 0 Å². The summed E-state index contributed by atoms with van der Waals surface area (Å²) >= 11 is 0. The van der Waals surface area contributed by atoms with Crippen LogP contribution in [0.4, 0.5) is 11.5 Å². The lowest BCUT2D eigenvalue weighted by molar-refractivity contribution is -0.122. The van der Waals surface area contributed by atoms with Crippen molar-refractivity contribution in [3.8, 4) is 0 Å². The Morgan fingerprint density at radius 3 is 2.79 bits per heavy atom. The van der Waals surface area contributed by atoms with E-state index < -0.39 is 5.54 Å². The van der Waals surface area contributed by atoms with E-state index in [1.807, 2.05) is 38.1 Å². The van der Waals surface area contributed by atoms with Crippen LogP contribution >= 0.6 is 0 Å². The molecule has 1 fully saturated rings. The average molecular weight is 262 g/mol. The van der Waals surface area contributed by atoms with Crippen LogP contribution in [0.5, 0.6) is 0 Å². The fourth-order valence-electron chi connectivity index (χ4n) is 2.44. The summed E-state index contributed by atoms with van der Waals surface area (Å²) in [4.78, 5) is 18.6. The zero-order valence-corrected chi connectivity index (χ0v) is 11.9. The smallest absolute Gasteiger partial charge is 0.244 e. The minimum absolute atomic E-state index is 0.0481. The van der Waals surface area contributed by atoms with E-state index in [1.54, 1.807) is 6.20 Å². The van der Waals surface area contributed by atoms with Gasteiger partial charge in [-0.05, 0) is 37.9 Å². The van der Waals surface area contributed by atoms with E-state index in [9.17, 15) is 4.79 Å². The lowest BCUT2D eigenvalue weighted by Gasteiger charge is -2.26. The van der Waals surface area contributed by atoms with Crippen molar-refractivity contribution in [1.29, 1.82) is 0 Å². The zero-order valence-electron chi connectivity index (χ0n) is 11.9. The molecule has 1 amide bonds. The van der Waals surface area contributed by atoms with Gasteiger partial charge in [0.2, 0.25) is 5.91 Å². The first kappa shape index (κ1) is 13.8. The molecule has 1 saturated heterocycles. The predicted octanol–water partition coefficient (Wildman–Crippen LogP) is 1.62. The number of nitrogens with zero attached hydrogens (tertiary/aromatic N) is 2. The molecule has 1 aromatic heterocycles. The molecule has 104 valence electrons. The van der Waals surface area contributed by atoms with E-state index in [-0.39, 0.29) is 5.91 Å². The van der Waals surface area contributed by atoms with Gasteiger partial charge < -0.3 is 15.5 Å². The standard InChI is InChI=1S/C14H22N4O/c1-4-14(8-5-9-16-14)13(19)17-11-6-7-12(15-10-11)18(2)3/h6-7,10,16H,4-5,8-9H2,1-3H3,(H,17,19). The van der Waals surface area contributed by atoms with Gasteiger partial charge in [-0.15, -0.1) is 0 Å². The second-order valence-corrected chi connectivity index (χ2v) is 5.22. The maximum atomic E-state index is 12.4. The number of amides is 1. The van der Waals surface area contributed by atoms with Gasteiger partial charge in [0.1, 0.15) is 5.82 Å². The van der Waals surface area contributed by atoms with Crippen molar-refractivity contribution in [3.63, 3.8) is 0 Å². The van der Waals surface area contributed by atoms with Crippen LogP contribution in [0.15, 0.2) is 18.3 Å². The monoisotopic (exact) mass is 262 g/mol. The maximum absolute atomic E-state index is 12.4. The molecule has 0 aliphatic carbocycles. The molecule has 19 heavy (non-hydrogen) atoms. The van der Waals surface area contributed by atoms with Crippen molar-refractivity contribution in [3.05, 3.63) is 18.3 Å². The quantitative estimate of drug-likeness (QED) is 0.865. The SMILES string of the molecule is CCC1(C(=O)Nc2ccc(N(C)C)nc2)CCCN1. The van der Waals surface area contributed by atoms with Crippen LogP contribution in [0.1, 0.15) is 26.2 Å². The van der Waals surface area contributed by atoms with E-state index >= 15 is 0 Å². The van der Waals surface area contributed by atoms with Gasteiger partial charge in [-0.25, -0.2) is 4.98 Å². The van der Waals surface area contributed by atoms with Crippen LogP contribution in [-0.4, -0.2) is 37.1 Å². The largest absolute Gasteiger partial charge is 0.363 e. The first-order valence-corrected chi connectivity index (χ1v) is 6.77. The molecular weight excluding hydrogens is 240 g/mol. The number of aromatic nitrogens is 1. The second kappa shape index (κ2) is 5.57. The normalized spacial score (nSPS) is 22.3. The number of pyridine rings is 1. The minimum atomic E-state index is -0.403. The van der Waals surface area contributed by atoms with Crippen LogP contribution in [0.3, 0.4) is 0 Å². The van der Waals surface area contributed by atoms with E-state index in [1.165, 1.54) is 0 Å². The van der Waals surface area contributed by atoms with Gasteiger partial charge in [-0.3, -0.25) is 4.79 Å². The molecular formula is C14H22N4O. The number of hydrogen-bond donors (Lipinski definition) is 2. The maximum Gasteiger partial charge on any atom is 0.244 e. The van der Waals surface area contributed by atoms with Gasteiger partial charge in [-0.1, -0.05) is 6.92 Å². The number of rotatable bonds is 4. The molecule has 2 rings (SSSR count). The summed E-state index contributed by atoms with van der Waals surface area (Å²) in [5.74, 6) is 0.925. The lowest BCUT2D eigenvalue weighted by Crippen LogP contribution is -2.50. The third-order valence-corrected chi connectivity index (χ3v) is 3.75. The molecule has 1 atom stereocenters. The minimum Gasteiger partial charge on any atom is -0.363 e. The Bertz CT molecular complexity index is 435. The Morgan fingerprint density at radius 1 is 1.53 bits per heavy atom. The van der Waals surface area contributed by atoms with Crippen molar-refractivity contribution in [2.24, 2.45) is 0 Å². The molecule has 1 aromatic rings. The Hall–Kier alpha value is -1.62. The summed E-state index contributed by atoms with van der Waals surface area (Å²) in [5, 5.41) is 6.29. The molecule has 5 nitrogen and oxygen atoms in total. The molecule has 0 spiro atoms. The van der Waals surface area contributed by atoms with Crippen LogP contribution in [0.2, 0.25) is 0 Å². The number of anilines is 2. The van der Waals surface area contributed by atoms with Crippen molar-refractivity contribution in [2.75, 3.05) is 30.9 Å². The Kier molecular flexibility index (Phi) is 4.04. The van der Waals surface area contributed by atoms with E-state index in [2.05, 4.69) is 15.6 Å². The van der Waals surface area contributed by atoms with Gasteiger partial charge in [-0.2, -0.15) is 0 Å². The summed E-state index contributed by atoms with van der Waals surface area (Å²) in [7, 11) is 3.88. The summed E-state index contributed by atoms with van der Waals surface area (Å²) in [6.07, 6.45) is 4.46. The highest BCUT2D eigenvalue weighted by molar-refractivity contribution is 5.98. The highest BCUT2D eigenvalue weighted by atomic mass is 16.2. The van der Waals surface area contributed by atoms with Gasteiger partial charge in [0, 0.05) is 14.1 Å². The second-order valence-electron chi connectivity index (χ2n) is 5.22. The Labute approximate surface area is 114 Å². The van der Waals surface area contributed by atoms with Crippen LogP contribution in [0.25, 0.3) is 0 Å². The summed E-state index contributed by atoms with van der Waals surface area (Å²) in [6, 6.07) is 3.79. The zero-order chi connectivity index (χ0) is 13.9. The fraction of sp³-hybridized carbons (Fsp3) is 0.571. The summed E-state index contributed by atoms with van der Waals surface area (Å²) in [5.41, 5.74) is 0.345. The third kappa shape index (κ3) is 2.87. The molecule has 2 N–H and O–H groups in total. The van der Waals surface area contributed by atoms with Crippen LogP contribution in [0, 0.1) is 0 Å². The molecule has 1 aliphatic heterocycles. The molecule has 0 aromatic carbocycles. The third-order valence-electron chi connectivity index (χ3n) is 3.75. The van der Waals surface area contributed by atoms with Crippen molar-refractivity contribution in [2.45, 2.75) is 31.7 Å². The molecule has 1 aliphatic rings.